The van der Waals surface area contributed by atoms with E-state index in [0.29, 0.717) is 24.2 Å². The van der Waals surface area contributed by atoms with Crippen molar-refractivity contribution in [3.63, 3.8) is 0 Å². The van der Waals surface area contributed by atoms with Crippen molar-refractivity contribution >= 4 is 17.9 Å². The lowest BCUT2D eigenvalue weighted by molar-refractivity contribution is -0.107. The molecule has 0 spiro atoms. The molecule has 4 aromatic rings. The average molecular weight is 953 g/mol. The predicted octanol–water partition coefficient (Wildman–Crippen LogP) is 14.3. The number of nitrogens with zero attached hydrogens (tertiary/aromatic N) is 5. The summed E-state index contributed by atoms with van der Waals surface area (Å²) in [7, 11) is 5.34. The molecule has 2 heterocycles. The van der Waals surface area contributed by atoms with Crippen molar-refractivity contribution in [1.82, 2.24) is 29.4 Å². The molecule has 382 valence electrons. The Labute approximate surface area is 417 Å². The first-order valence-electron chi connectivity index (χ1n) is 22.1. The highest BCUT2D eigenvalue weighted by Gasteiger charge is 2.18. The number of hydrogen-bond donors (Lipinski definition) is 4. The van der Waals surface area contributed by atoms with Crippen molar-refractivity contribution in [2.45, 2.75) is 135 Å². The third-order valence-electron chi connectivity index (χ3n) is 8.07. The van der Waals surface area contributed by atoms with Gasteiger partial charge in [-0.15, -0.1) is 39.2 Å². The maximum absolute atomic E-state index is 9.40. The fourth-order valence-electron chi connectivity index (χ4n) is 5.26. The number of nitrogens with one attached hydrogen (secondary N) is 1. The average Bonchev–Trinajstić information content (AvgIpc) is 3.90. The van der Waals surface area contributed by atoms with Crippen LogP contribution in [0.1, 0.15) is 127 Å². The number of ether oxygens (including phenoxy) is 1. The van der Waals surface area contributed by atoms with E-state index in [9.17, 15) is 4.79 Å². The van der Waals surface area contributed by atoms with Crippen LogP contribution in [0.25, 0.3) is 33.6 Å². The molecule has 0 aliphatic heterocycles. The van der Waals surface area contributed by atoms with Crippen LogP contribution in [0.4, 0.5) is 0 Å². The Balaban J connectivity index is -0.000000190. The van der Waals surface area contributed by atoms with Crippen molar-refractivity contribution in [3.8, 4) is 46.5 Å². The summed E-state index contributed by atoms with van der Waals surface area (Å²) in [5, 5.41) is 0.556. The van der Waals surface area contributed by atoms with Gasteiger partial charge in [0.2, 0.25) is 0 Å². The van der Waals surface area contributed by atoms with Gasteiger partial charge in [0.25, 0.3) is 0 Å². The molecule has 0 saturated carbocycles. The fraction of sp³-hybridized carbons (Fsp3) is 0.436. The Morgan fingerprint density at radius 2 is 1.25 bits per heavy atom. The zero-order chi connectivity index (χ0) is 51.8. The van der Waals surface area contributed by atoms with Crippen LogP contribution in [0.2, 0.25) is 5.15 Å². The summed E-state index contributed by atoms with van der Waals surface area (Å²) in [6.45, 7) is 43.7. The molecular formula is C55H98ClN9O2. The van der Waals surface area contributed by atoms with Gasteiger partial charge in [0.15, 0.2) is 0 Å². The number of unbranched alkanes of at least 4 members (excludes halogenated alkanes) is 1. The second-order valence-corrected chi connectivity index (χ2v) is 13.1. The minimum Gasteiger partial charge on any atom is -0.405 e. The minimum absolute atomic E-state index is 0. The van der Waals surface area contributed by atoms with Crippen LogP contribution in [0, 0.1) is 12.8 Å². The Bertz CT molecular complexity index is 1710. The summed E-state index contributed by atoms with van der Waals surface area (Å²) in [6, 6.07) is 17.2. The van der Waals surface area contributed by atoms with Crippen molar-refractivity contribution in [3.05, 3.63) is 136 Å². The Morgan fingerprint density at radius 1 is 0.836 bits per heavy atom. The van der Waals surface area contributed by atoms with Crippen molar-refractivity contribution < 1.29 is 9.53 Å². The summed E-state index contributed by atoms with van der Waals surface area (Å²) in [4.78, 5) is 26.7. The van der Waals surface area contributed by atoms with Gasteiger partial charge in [-0.2, -0.15) is 0 Å². The standard InChI is InChI=1S/C33H44ClN7.C4H8O.2C2H5N.C2H6O.2C2H6.2C2H4.C2H2.2CH4/c1-7-10-24(5)40(23(4)9-3)21-30-37-32(33(34)38-30)28-17-13-26(14-18-28)25-11-15-27(16-12-25)29-20-36-31(41(29)35)22-39(6)19-8-2;1-2-3-4-5;2*1-2-3;1-3-2;5*1-2;;/h11-18,20,23H,5,7-10,19,21-22,35H2,1-4,6H3,(H,37,38);4H,2-3H2,1H3;2*2H,1,3H2;1-2H3;2*1-2H3;2*1-2H2;1-2H;2*1H4/t23-;;;;;;;;;;;/m0.........../s1. The molecular weight excluding hydrogens is 854 g/mol. The van der Waals surface area contributed by atoms with Crippen molar-refractivity contribution in [1.29, 1.82) is 0 Å². The quantitative estimate of drug-likeness (QED) is 0.0371. The molecule has 0 aliphatic rings. The minimum atomic E-state index is 0. The largest absolute Gasteiger partial charge is 0.405 e. The summed E-state index contributed by atoms with van der Waals surface area (Å²) in [5.74, 6) is 8.10. The van der Waals surface area contributed by atoms with Crippen molar-refractivity contribution in [2.24, 2.45) is 11.5 Å². The van der Waals surface area contributed by atoms with Gasteiger partial charge in [-0.05, 0) is 69.7 Å². The number of aromatic amines is 1. The second-order valence-electron chi connectivity index (χ2n) is 12.7. The smallest absolute Gasteiger partial charge is 0.141 e. The Hall–Kier alpha value is -5.80. The van der Waals surface area contributed by atoms with Gasteiger partial charge in [0.05, 0.1) is 25.0 Å². The van der Waals surface area contributed by atoms with Gasteiger partial charge in [0, 0.05) is 43.5 Å². The maximum Gasteiger partial charge on any atom is 0.141 e. The van der Waals surface area contributed by atoms with Gasteiger partial charge in [-0.25, -0.2) is 14.6 Å². The molecule has 1 atom stereocenters. The molecule has 0 bridgehead atoms. The van der Waals surface area contributed by atoms with Crippen LogP contribution in [0.3, 0.4) is 0 Å². The topological polar surface area (TPSA) is 157 Å². The lowest BCUT2D eigenvalue weighted by Gasteiger charge is -2.31. The zero-order valence-electron chi connectivity index (χ0n) is 42.6. The highest BCUT2D eigenvalue weighted by Crippen LogP contribution is 2.30. The molecule has 7 N–H and O–H groups in total. The number of aldehydes is 1. The number of benzene rings is 2. The number of imidazole rings is 2. The first kappa shape index (κ1) is 78.4. The zero-order valence-corrected chi connectivity index (χ0v) is 43.4. The van der Waals surface area contributed by atoms with E-state index in [4.69, 9.17) is 22.4 Å². The molecule has 4 rings (SSSR count). The number of carbonyl (C=O) groups is 1. The third kappa shape index (κ3) is 34.2. The lowest BCUT2D eigenvalue weighted by atomic mass is 10.0. The Morgan fingerprint density at radius 3 is 1.61 bits per heavy atom. The van der Waals surface area contributed by atoms with Crippen LogP contribution in [0.5, 0.6) is 0 Å². The van der Waals surface area contributed by atoms with Gasteiger partial charge in [-0.1, -0.05) is 157 Å². The molecule has 0 radical (unpaired) electrons. The monoisotopic (exact) mass is 952 g/mol. The van der Waals surface area contributed by atoms with E-state index < -0.39 is 0 Å². The third-order valence-corrected chi connectivity index (χ3v) is 8.34. The van der Waals surface area contributed by atoms with Gasteiger partial charge < -0.3 is 36.7 Å². The van der Waals surface area contributed by atoms with E-state index in [0.717, 1.165) is 102 Å². The van der Waals surface area contributed by atoms with Crippen LogP contribution in [-0.2, 0) is 22.6 Å². The van der Waals surface area contributed by atoms with Crippen LogP contribution in [-0.4, -0.2) is 69.6 Å². The first-order chi connectivity index (χ1) is 31.4. The Kier molecular flexibility index (Phi) is 65.9. The molecule has 0 unspecified atom stereocenters. The number of carbonyl (C=O) groups excluding carboxylic acids is 1. The van der Waals surface area contributed by atoms with Crippen molar-refractivity contribution in [2.75, 3.05) is 33.7 Å². The number of aromatic nitrogens is 4. The van der Waals surface area contributed by atoms with Crippen LogP contribution < -0.4 is 17.3 Å². The highest BCUT2D eigenvalue weighted by molar-refractivity contribution is 6.31. The summed E-state index contributed by atoms with van der Waals surface area (Å²) >= 11 is 6.63. The molecule has 2 aromatic carbocycles. The number of terminal acetylenes is 1. The summed E-state index contributed by atoms with van der Waals surface area (Å²) < 4.78 is 5.94. The molecule has 0 amide bonds. The van der Waals surface area contributed by atoms with E-state index in [-0.39, 0.29) is 14.9 Å². The lowest BCUT2D eigenvalue weighted by Crippen LogP contribution is -2.31. The number of hydrogen-bond acceptors (Lipinski definition) is 9. The first-order valence-corrected chi connectivity index (χ1v) is 22.5. The molecule has 0 saturated heterocycles. The number of halogens is 1. The van der Waals surface area contributed by atoms with E-state index in [1.54, 1.807) is 18.9 Å². The van der Waals surface area contributed by atoms with Crippen LogP contribution in [0.15, 0.2) is 119 Å². The number of H-pyrrole nitrogens is 1. The van der Waals surface area contributed by atoms with E-state index in [1.807, 2.05) is 40.8 Å². The van der Waals surface area contributed by atoms with Gasteiger partial charge >= 0.3 is 0 Å². The fourth-order valence-corrected chi connectivity index (χ4v) is 5.52. The molecule has 0 aliphatic carbocycles. The van der Waals surface area contributed by atoms with E-state index >= 15 is 0 Å². The molecule has 0 fully saturated rings. The number of nitrogens with two attached hydrogens (primary N) is 3. The number of nitrogen functional groups attached to an aromatic ring is 1. The highest BCUT2D eigenvalue weighted by atomic mass is 35.5. The number of methoxy groups -OCH3 is 1. The number of rotatable bonds is 16. The molecule has 11 nitrogen and oxygen atoms in total. The summed E-state index contributed by atoms with van der Waals surface area (Å²) in [6.07, 6.45) is 19.1. The molecule has 67 heavy (non-hydrogen) atoms. The summed E-state index contributed by atoms with van der Waals surface area (Å²) in [5.41, 5.74) is 16.3. The SMILES string of the molecule is C.C.C#C.C=C.C=C.C=C(CCC)N(Cc1nc(-c2ccc(-c3ccc(-c4cnc(CN(C)CCC)n4N)cc3)cc2)c(Cl)[nH]1)[C@@H](C)CC.C=CN.C=CN.CC.CC.CCCC=O.COC. The molecule has 2 aromatic heterocycles. The van der Waals surface area contributed by atoms with E-state index in [1.165, 1.54) is 12.4 Å². The number of allylic oxidation sites excluding steroid dienone is 1. The second kappa shape index (κ2) is 56.3. The van der Waals surface area contributed by atoms with E-state index in [2.05, 4.69) is 178 Å². The predicted molar refractivity (Wildman–Crippen MR) is 303 cm³/mol. The molecule has 12 heteroatoms. The normalized spacial score (nSPS) is 8.96. The maximum atomic E-state index is 9.40. The van der Waals surface area contributed by atoms with Crippen LogP contribution >= 0.6 is 11.6 Å². The van der Waals surface area contributed by atoms with Gasteiger partial charge in [-0.3, -0.25) is 4.90 Å². The van der Waals surface area contributed by atoms with Gasteiger partial charge in [0.1, 0.15) is 28.8 Å².